The van der Waals surface area contributed by atoms with E-state index in [0.29, 0.717) is 5.39 Å². The molecule has 5 N–H and O–H groups in total. The van der Waals surface area contributed by atoms with Gasteiger partial charge < -0.3 is 15.0 Å². The normalized spacial score (nSPS) is 18.3. The molecule has 0 unspecified atom stereocenters. The van der Waals surface area contributed by atoms with E-state index in [1.165, 1.54) is 38.4 Å². The van der Waals surface area contributed by atoms with E-state index in [2.05, 4.69) is 21.0 Å². The van der Waals surface area contributed by atoms with Crippen LogP contribution in [0.15, 0.2) is 53.6 Å². The summed E-state index contributed by atoms with van der Waals surface area (Å²) in [5.41, 5.74) is 1.76. The Labute approximate surface area is 182 Å². The SMILES string of the molecule is COc1ccc(S(=O)(=O)NNC(=O)c2c[nH]c3ccccc23)cc1[C@@]1(C)NC(=O)NC1=O. The number of imide groups is 1. The number of amides is 4. The van der Waals surface area contributed by atoms with Gasteiger partial charge in [-0.2, -0.15) is 0 Å². The lowest BCUT2D eigenvalue weighted by atomic mass is 9.91. The number of H-pyrrole nitrogens is 1. The summed E-state index contributed by atoms with van der Waals surface area (Å²) < 4.78 is 30.9. The number of hydrogen-bond donors (Lipinski definition) is 5. The molecule has 0 aliphatic carbocycles. The van der Waals surface area contributed by atoms with Crippen LogP contribution in [0.4, 0.5) is 4.79 Å². The molecule has 4 amide bonds. The van der Waals surface area contributed by atoms with Crippen LogP contribution >= 0.6 is 0 Å². The third-order valence-electron chi connectivity index (χ3n) is 5.20. The summed E-state index contributed by atoms with van der Waals surface area (Å²) in [6, 6.07) is 10.2. The predicted molar refractivity (Wildman–Crippen MR) is 113 cm³/mol. The van der Waals surface area contributed by atoms with Crippen molar-refractivity contribution < 1.29 is 27.5 Å². The first-order valence-corrected chi connectivity index (χ1v) is 10.8. The van der Waals surface area contributed by atoms with Crippen molar-refractivity contribution in [1.82, 2.24) is 25.9 Å². The first kappa shape index (κ1) is 21.3. The van der Waals surface area contributed by atoms with Crippen LogP contribution in [0.2, 0.25) is 0 Å². The summed E-state index contributed by atoms with van der Waals surface area (Å²) in [5.74, 6) is -1.11. The van der Waals surface area contributed by atoms with Gasteiger partial charge in [0.15, 0.2) is 0 Å². The number of methoxy groups -OCH3 is 1. The number of benzene rings is 2. The van der Waals surface area contributed by atoms with Crippen molar-refractivity contribution in [1.29, 1.82) is 0 Å². The van der Waals surface area contributed by atoms with Crippen molar-refractivity contribution in [3.8, 4) is 5.75 Å². The number of carbonyl (C=O) groups excluding carboxylic acids is 3. The highest BCUT2D eigenvalue weighted by molar-refractivity contribution is 7.89. The second-order valence-electron chi connectivity index (χ2n) is 7.20. The van der Waals surface area contributed by atoms with Gasteiger partial charge in [-0.05, 0) is 31.2 Å². The largest absolute Gasteiger partial charge is 0.496 e. The minimum absolute atomic E-state index is 0.134. The third kappa shape index (κ3) is 3.55. The molecule has 2 aromatic carbocycles. The monoisotopic (exact) mass is 457 g/mol. The fraction of sp³-hybridized carbons (Fsp3) is 0.150. The number of nitrogens with one attached hydrogen (secondary N) is 5. The van der Waals surface area contributed by atoms with E-state index in [0.717, 1.165) is 5.52 Å². The number of ether oxygens (including phenoxy) is 1. The van der Waals surface area contributed by atoms with E-state index in [4.69, 9.17) is 4.74 Å². The van der Waals surface area contributed by atoms with E-state index >= 15 is 0 Å². The van der Waals surface area contributed by atoms with Crippen LogP contribution < -0.4 is 25.6 Å². The highest BCUT2D eigenvalue weighted by atomic mass is 32.2. The summed E-state index contributed by atoms with van der Waals surface area (Å²) in [6.07, 6.45) is 1.47. The molecule has 11 nitrogen and oxygen atoms in total. The minimum atomic E-state index is -4.23. The summed E-state index contributed by atoms with van der Waals surface area (Å²) in [7, 11) is -2.87. The number of aromatic nitrogens is 1. The summed E-state index contributed by atoms with van der Waals surface area (Å²) in [5, 5.41) is 5.21. The molecule has 12 heteroatoms. The maximum Gasteiger partial charge on any atom is 0.322 e. The Morgan fingerprint density at radius 3 is 2.56 bits per heavy atom. The first-order valence-electron chi connectivity index (χ1n) is 9.36. The number of aromatic amines is 1. The minimum Gasteiger partial charge on any atom is -0.496 e. The standard InChI is InChI=1S/C20H19N5O6S/c1-20(18(27)22-19(28)23-20)14-9-11(7-8-16(14)31-2)32(29,30)25-24-17(26)13-10-21-15-6-4-3-5-12(13)15/h3-10,21,25H,1-2H3,(H,24,26)(H2,22,23,27,28)/t20-/m1/s1. The zero-order valence-electron chi connectivity index (χ0n) is 17.0. The van der Waals surface area contributed by atoms with Crippen molar-refractivity contribution in [2.75, 3.05) is 7.11 Å². The van der Waals surface area contributed by atoms with Gasteiger partial charge >= 0.3 is 6.03 Å². The first-order chi connectivity index (χ1) is 15.2. The second kappa shape index (κ2) is 7.66. The second-order valence-corrected chi connectivity index (χ2v) is 8.89. The highest BCUT2D eigenvalue weighted by Crippen LogP contribution is 2.34. The van der Waals surface area contributed by atoms with E-state index < -0.39 is 33.4 Å². The van der Waals surface area contributed by atoms with Crippen LogP contribution in [-0.2, 0) is 20.4 Å². The number of carbonyl (C=O) groups is 3. The molecule has 0 saturated carbocycles. The van der Waals surface area contributed by atoms with Gasteiger partial charge in [0.25, 0.3) is 21.8 Å². The third-order valence-corrected chi connectivity index (χ3v) is 6.44. The molecule has 0 spiro atoms. The maximum absolute atomic E-state index is 12.8. The molecule has 4 rings (SSSR count). The van der Waals surface area contributed by atoms with Crippen LogP contribution in [0, 0.1) is 0 Å². The van der Waals surface area contributed by atoms with Gasteiger partial charge in [0.2, 0.25) is 0 Å². The van der Waals surface area contributed by atoms with Gasteiger partial charge in [0, 0.05) is 22.7 Å². The van der Waals surface area contributed by atoms with Crippen molar-refractivity contribution in [3.63, 3.8) is 0 Å². The number of sulfonamides is 1. The Bertz CT molecular complexity index is 1370. The van der Waals surface area contributed by atoms with Gasteiger partial charge in [-0.25, -0.2) is 13.2 Å². The van der Waals surface area contributed by atoms with E-state index in [1.54, 1.807) is 24.3 Å². The Morgan fingerprint density at radius 1 is 1.12 bits per heavy atom. The molecular weight excluding hydrogens is 438 g/mol. The molecule has 32 heavy (non-hydrogen) atoms. The number of hydrazine groups is 1. The number of para-hydroxylation sites is 1. The number of urea groups is 1. The summed E-state index contributed by atoms with van der Waals surface area (Å²) >= 11 is 0. The molecule has 2 heterocycles. The molecule has 1 fully saturated rings. The average Bonchev–Trinajstić information content (AvgIpc) is 3.32. The smallest absolute Gasteiger partial charge is 0.322 e. The Morgan fingerprint density at radius 2 is 1.88 bits per heavy atom. The number of hydrogen-bond acceptors (Lipinski definition) is 6. The molecule has 0 radical (unpaired) electrons. The lowest BCUT2D eigenvalue weighted by molar-refractivity contribution is -0.123. The van der Waals surface area contributed by atoms with Crippen LogP contribution in [0.5, 0.6) is 5.75 Å². The van der Waals surface area contributed by atoms with Crippen LogP contribution in [0.1, 0.15) is 22.8 Å². The Hall–Kier alpha value is -3.90. The van der Waals surface area contributed by atoms with Gasteiger partial charge in [0.05, 0.1) is 17.6 Å². The highest BCUT2D eigenvalue weighted by Gasteiger charge is 2.45. The topological polar surface area (TPSA) is 158 Å². The zero-order valence-corrected chi connectivity index (χ0v) is 17.8. The molecule has 0 bridgehead atoms. The molecule has 1 atom stereocenters. The van der Waals surface area contributed by atoms with Crippen molar-refractivity contribution in [2.24, 2.45) is 0 Å². The van der Waals surface area contributed by atoms with E-state index in [9.17, 15) is 22.8 Å². The van der Waals surface area contributed by atoms with Crippen LogP contribution in [0.3, 0.4) is 0 Å². The molecular formula is C20H19N5O6S. The predicted octanol–water partition coefficient (Wildman–Crippen LogP) is 0.854. The molecule has 1 aromatic heterocycles. The van der Waals surface area contributed by atoms with Gasteiger partial charge in [-0.3, -0.25) is 20.3 Å². The van der Waals surface area contributed by atoms with Crippen molar-refractivity contribution >= 4 is 38.8 Å². The fourth-order valence-corrected chi connectivity index (χ4v) is 4.34. The summed E-state index contributed by atoms with van der Waals surface area (Å²) in [6.45, 7) is 1.42. The van der Waals surface area contributed by atoms with E-state index in [1.807, 2.05) is 4.83 Å². The van der Waals surface area contributed by atoms with Gasteiger partial charge in [-0.1, -0.05) is 18.2 Å². The van der Waals surface area contributed by atoms with Crippen molar-refractivity contribution in [2.45, 2.75) is 17.4 Å². The molecule has 1 saturated heterocycles. The van der Waals surface area contributed by atoms with Gasteiger partial charge in [0.1, 0.15) is 11.3 Å². The maximum atomic E-state index is 12.8. The molecule has 3 aromatic rings. The van der Waals surface area contributed by atoms with Crippen LogP contribution in [0.25, 0.3) is 10.9 Å². The number of rotatable bonds is 6. The zero-order chi connectivity index (χ0) is 23.1. The molecule has 1 aliphatic heterocycles. The van der Waals surface area contributed by atoms with Gasteiger partial charge in [-0.15, -0.1) is 4.83 Å². The summed E-state index contributed by atoms with van der Waals surface area (Å²) in [4.78, 5) is 41.2. The molecule has 1 aliphatic rings. The number of fused-ring (bicyclic) bond motifs is 1. The Kier molecular flexibility index (Phi) is 5.11. The van der Waals surface area contributed by atoms with E-state index in [-0.39, 0.29) is 21.8 Å². The quantitative estimate of drug-likeness (QED) is 0.273. The lowest BCUT2D eigenvalue weighted by Gasteiger charge is -2.24. The Balaban J connectivity index is 1.61. The molecule has 166 valence electrons. The van der Waals surface area contributed by atoms with Crippen molar-refractivity contribution in [3.05, 3.63) is 59.8 Å². The average molecular weight is 457 g/mol. The fourth-order valence-electron chi connectivity index (χ4n) is 3.48. The van der Waals surface area contributed by atoms with Crippen LogP contribution in [-0.4, -0.2) is 38.4 Å². The lowest BCUT2D eigenvalue weighted by Crippen LogP contribution is -2.42.